The van der Waals surface area contributed by atoms with E-state index in [-0.39, 0.29) is 5.97 Å². The summed E-state index contributed by atoms with van der Waals surface area (Å²) in [6.07, 6.45) is 5.27. The van der Waals surface area contributed by atoms with Crippen LogP contribution in [0.25, 0.3) is 16.9 Å². The molecule has 0 bridgehead atoms. The lowest BCUT2D eigenvalue weighted by Gasteiger charge is -2.06. The van der Waals surface area contributed by atoms with E-state index in [9.17, 15) is 4.79 Å². The zero-order valence-electron chi connectivity index (χ0n) is 11.8. The van der Waals surface area contributed by atoms with Gasteiger partial charge in [0.15, 0.2) is 0 Å². The number of esters is 1. The van der Waals surface area contributed by atoms with Crippen LogP contribution in [0.15, 0.2) is 49.1 Å². The monoisotopic (exact) mass is 281 g/mol. The summed E-state index contributed by atoms with van der Waals surface area (Å²) in [5, 5.41) is 0. The molecule has 21 heavy (non-hydrogen) atoms. The molecule has 0 unspecified atom stereocenters. The van der Waals surface area contributed by atoms with Crippen LogP contribution in [0, 0.1) is 6.92 Å². The number of nitrogens with one attached hydrogen (secondary N) is 1. The molecule has 3 rings (SSSR count). The summed E-state index contributed by atoms with van der Waals surface area (Å²) >= 11 is 0. The number of imidazole rings is 1. The molecule has 0 fully saturated rings. The van der Waals surface area contributed by atoms with E-state index in [1.807, 2.05) is 48.0 Å². The molecule has 0 saturated carbocycles. The van der Waals surface area contributed by atoms with Crippen molar-refractivity contribution in [3.63, 3.8) is 0 Å². The molecule has 0 amide bonds. The fourth-order valence-electron chi connectivity index (χ4n) is 2.42. The molecule has 3 aromatic rings. The second-order valence-electron chi connectivity index (χ2n) is 4.68. The number of aromatic nitrogens is 3. The average molecular weight is 281 g/mol. The van der Waals surface area contributed by atoms with Crippen LogP contribution < -0.4 is 0 Å². The van der Waals surface area contributed by atoms with Crippen molar-refractivity contribution in [3.8, 4) is 16.9 Å². The van der Waals surface area contributed by atoms with Gasteiger partial charge in [0.1, 0.15) is 5.69 Å². The Morgan fingerprint density at radius 3 is 2.67 bits per heavy atom. The first kappa shape index (κ1) is 13.2. The molecule has 0 saturated heterocycles. The first-order valence-corrected chi connectivity index (χ1v) is 6.57. The van der Waals surface area contributed by atoms with E-state index in [0.717, 1.165) is 22.5 Å². The van der Waals surface area contributed by atoms with Gasteiger partial charge in [0.2, 0.25) is 0 Å². The van der Waals surface area contributed by atoms with Crippen LogP contribution in [0.2, 0.25) is 0 Å². The SMILES string of the molecule is COC(=O)c1[nH]c(-c2ccccc2)c(-n2ccnc2)c1C. The quantitative estimate of drug-likeness (QED) is 0.751. The largest absolute Gasteiger partial charge is 0.464 e. The third-order valence-electron chi connectivity index (χ3n) is 3.43. The molecule has 0 spiro atoms. The van der Waals surface area contributed by atoms with Crippen LogP contribution in [-0.4, -0.2) is 27.6 Å². The van der Waals surface area contributed by atoms with Crippen LogP contribution in [-0.2, 0) is 4.74 Å². The first-order valence-electron chi connectivity index (χ1n) is 6.57. The van der Waals surface area contributed by atoms with Gasteiger partial charge in [-0.3, -0.25) is 0 Å². The Morgan fingerprint density at radius 1 is 1.29 bits per heavy atom. The van der Waals surface area contributed by atoms with Gasteiger partial charge in [-0.2, -0.15) is 0 Å². The maximum absolute atomic E-state index is 11.9. The summed E-state index contributed by atoms with van der Waals surface area (Å²) in [6.45, 7) is 1.89. The first-order chi connectivity index (χ1) is 10.2. The predicted molar refractivity (Wildman–Crippen MR) is 79.4 cm³/mol. The molecule has 0 radical (unpaired) electrons. The molecule has 1 aromatic carbocycles. The number of aromatic amines is 1. The van der Waals surface area contributed by atoms with Crippen molar-refractivity contribution in [3.05, 3.63) is 60.3 Å². The van der Waals surface area contributed by atoms with Crippen molar-refractivity contribution in [2.45, 2.75) is 6.92 Å². The lowest BCUT2D eigenvalue weighted by molar-refractivity contribution is 0.0594. The summed E-state index contributed by atoms with van der Waals surface area (Å²) in [4.78, 5) is 19.2. The lowest BCUT2D eigenvalue weighted by atomic mass is 10.1. The minimum absolute atomic E-state index is 0.379. The van der Waals surface area contributed by atoms with E-state index >= 15 is 0 Å². The van der Waals surface area contributed by atoms with E-state index in [0.29, 0.717) is 5.69 Å². The molecule has 106 valence electrons. The Hall–Kier alpha value is -2.82. The molecule has 5 heteroatoms. The van der Waals surface area contributed by atoms with E-state index in [1.54, 1.807) is 12.5 Å². The highest BCUT2D eigenvalue weighted by Gasteiger charge is 2.21. The molecule has 0 aliphatic heterocycles. The van der Waals surface area contributed by atoms with E-state index in [4.69, 9.17) is 4.74 Å². The smallest absolute Gasteiger partial charge is 0.354 e. The highest BCUT2D eigenvalue weighted by molar-refractivity contribution is 5.93. The third-order valence-corrected chi connectivity index (χ3v) is 3.43. The van der Waals surface area contributed by atoms with Crippen molar-refractivity contribution in [1.82, 2.24) is 14.5 Å². The van der Waals surface area contributed by atoms with Crippen LogP contribution >= 0.6 is 0 Å². The Labute approximate surface area is 122 Å². The molecule has 1 N–H and O–H groups in total. The van der Waals surface area contributed by atoms with Gasteiger partial charge < -0.3 is 14.3 Å². The minimum Gasteiger partial charge on any atom is -0.464 e. The fourth-order valence-corrected chi connectivity index (χ4v) is 2.42. The molecule has 5 nitrogen and oxygen atoms in total. The number of hydrogen-bond donors (Lipinski definition) is 1. The number of methoxy groups -OCH3 is 1. The number of ether oxygens (including phenoxy) is 1. The lowest BCUT2D eigenvalue weighted by Crippen LogP contribution is -2.03. The molecule has 0 aliphatic carbocycles. The van der Waals surface area contributed by atoms with Crippen molar-refractivity contribution >= 4 is 5.97 Å². The van der Waals surface area contributed by atoms with Crippen LogP contribution in [0.5, 0.6) is 0 Å². The summed E-state index contributed by atoms with van der Waals surface area (Å²) < 4.78 is 6.73. The highest BCUT2D eigenvalue weighted by Crippen LogP contribution is 2.31. The maximum atomic E-state index is 11.9. The standard InChI is InChI=1S/C16H15N3O2/c1-11-13(16(20)21-2)18-14(12-6-4-3-5-7-12)15(11)19-9-8-17-10-19/h3-10,18H,1-2H3. The summed E-state index contributed by atoms with van der Waals surface area (Å²) in [5.74, 6) is -0.379. The van der Waals surface area contributed by atoms with Gasteiger partial charge in [0, 0.05) is 23.5 Å². The number of nitrogens with zero attached hydrogens (tertiary/aromatic N) is 2. The molecule has 2 aromatic heterocycles. The number of H-pyrrole nitrogens is 1. The van der Waals surface area contributed by atoms with E-state index < -0.39 is 0 Å². The molecule has 2 heterocycles. The second-order valence-corrected chi connectivity index (χ2v) is 4.68. The van der Waals surface area contributed by atoms with Gasteiger partial charge in [-0.25, -0.2) is 9.78 Å². The van der Waals surface area contributed by atoms with Gasteiger partial charge in [-0.15, -0.1) is 0 Å². The Kier molecular flexibility index (Phi) is 3.31. The van der Waals surface area contributed by atoms with Crippen LogP contribution in [0.1, 0.15) is 16.1 Å². The number of benzene rings is 1. The van der Waals surface area contributed by atoms with E-state index in [1.165, 1.54) is 7.11 Å². The Bertz CT molecular complexity index is 758. The normalized spacial score (nSPS) is 10.6. The summed E-state index contributed by atoms with van der Waals surface area (Å²) in [6, 6.07) is 9.86. The van der Waals surface area contributed by atoms with Crippen molar-refractivity contribution in [2.75, 3.05) is 7.11 Å². The zero-order chi connectivity index (χ0) is 14.8. The second kappa shape index (κ2) is 5.28. The predicted octanol–water partition coefficient (Wildman–Crippen LogP) is 2.96. The third kappa shape index (κ3) is 2.23. The summed E-state index contributed by atoms with van der Waals surface area (Å²) in [7, 11) is 1.38. The Balaban J connectivity index is 2.25. The van der Waals surface area contributed by atoms with Gasteiger partial charge in [-0.1, -0.05) is 30.3 Å². The van der Waals surface area contributed by atoms with Crippen LogP contribution in [0.3, 0.4) is 0 Å². The fraction of sp³-hybridized carbons (Fsp3) is 0.125. The molecular weight excluding hydrogens is 266 g/mol. The number of carbonyl (C=O) groups excluding carboxylic acids is 1. The van der Waals surface area contributed by atoms with Gasteiger partial charge in [0.25, 0.3) is 0 Å². The highest BCUT2D eigenvalue weighted by atomic mass is 16.5. The number of rotatable bonds is 3. The zero-order valence-corrected chi connectivity index (χ0v) is 11.8. The maximum Gasteiger partial charge on any atom is 0.354 e. The van der Waals surface area contributed by atoms with Crippen molar-refractivity contribution in [1.29, 1.82) is 0 Å². The Morgan fingerprint density at radius 2 is 2.05 bits per heavy atom. The molecular formula is C16H15N3O2. The summed E-state index contributed by atoms with van der Waals surface area (Å²) in [5.41, 5.74) is 4.06. The topological polar surface area (TPSA) is 59.9 Å². The minimum atomic E-state index is -0.379. The molecule has 0 atom stereocenters. The van der Waals surface area contributed by atoms with Gasteiger partial charge in [0.05, 0.1) is 24.8 Å². The van der Waals surface area contributed by atoms with Gasteiger partial charge in [-0.05, 0) is 6.92 Å². The number of hydrogen-bond acceptors (Lipinski definition) is 3. The van der Waals surface area contributed by atoms with Gasteiger partial charge >= 0.3 is 5.97 Å². The van der Waals surface area contributed by atoms with Crippen molar-refractivity contribution in [2.24, 2.45) is 0 Å². The average Bonchev–Trinajstić information content (AvgIpc) is 3.15. The number of carbonyl (C=O) groups is 1. The van der Waals surface area contributed by atoms with Crippen molar-refractivity contribution < 1.29 is 9.53 Å². The van der Waals surface area contributed by atoms with Crippen LogP contribution in [0.4, 0.5) is 0 Å². The van der Waals surface area contributed by atoms with E-state index in [2.05, 4.69) is 9.97 Å². The molecule has 0 aliphatic rings.